The molecule has 7 heteroatoms. The molecule has 1 aliphatic heterocycles. The van der Waals surface area contributed by atoms with E-state index in [2.05, 4.69) is 0 Å². The van der Waals surface area contributed by atoms with Crippen LogP contribution < -0.4 is 4.90 Å². The Balaban J connectivity index is 2.15. The van der Waals surface area contributed by atoms with Gasteiger partial charge >= 0.3 is 0 Å². The van der Waals surface area contributed by atoms with Crippen molar-refractivity contribution < 1.29 is 23.5 Å². The van der Waals surface area contributed by atoms with Gasteiger partial charge in [-0.25, -0.2) is 8.78 Å². The third-order valence-corrected chi connectivity index (χ3v) is 3.91. The maximum atomic E-state index is 13.3. The van der Waals surface area contributed by atoms with Crippen LogP contribution in [-0.4, -0.2) is 48.1 Å². The van der Waals surface area contributed by atoms with Gasteiger partial charge in [0, 0.05) is 31.8 Å². The molecule has 1 N–H and O–H groups in total. The summed E-state index contributed by atoms with van der Waals surface area (Å²) < 4.78 is 26.5. The molecule has 2 unspecified atom stereocenters. The lowest BCUT2D eigenvalue weighted by Crippen LogP contribution is -2.41. The van der Waals surface area contributed by atoms with Crippen molar-refractivity contribution in [3.8, 4) is 0 Å². The molecule has 1 fully saturated rings. The fraction of sp³-hybridized carbons (Fsp3) is 0.467. The van der Waals surface area contributed by atoms with Crippen molar-refractivity contribution in [1.82, 2.24) is 4.90 Å². The van der Waals surface area contributed by atoms with E-state index in [0.717, 1.165) is 18.2 Å². The van der Waals surface area contributed by atoms with Gasteiger partial charge in [0.2, 0.25) is 11.8 Å². The van der Waals surface area contributed by atoms with Crippen LogP contribution in [0.15, 0.2) is 18.2 Å². The Kier molecular flexibility index (Phi) is 4.75. The zero-order valence-electron chi connectivity index (χ0n) is 12.4. The van der Waals surface area contributed by atoms with E-state index in [0.29, 0.717) is 0 Å². The van der Waals surface area contributed by atoms with Gasteiger partial charge in [-0.1, -0.05) is 0 Å². The van der Waals surface area contributed by atoms with E-state index in [9.17, 15) is 18.4 Å². The topological polar surface area (TPSA) is 60.9 Å². The normalized spacial score (nSPS) is 19.4. The SMILES string of the molecule is CC(CO)N(C)C(=O)C1CC(=O)N(c2cc(F)cc(F)c2)C1. The quantitative estimate of drug-likeness (QED) is 0.907. The number of likely N-dealkylation sites (N-methyl/N-ethyl adjacent to an activating group) is 1. The maximum Gasteiger partial charge on any atom is 0.228 e. The summed E-state index contributed by atoms with van der Waals surface area (Å²) >= 11 is 0. The number of benzene rings is 1. The highest BCUT2D eigenvalue weighted by Crippen LogP contribution is 2.27. The number of rotatable bonds is 4. The molecule has 5 nitrogen and oxygen atoms in total. The van der Waals surface area contributed by atoms with Crippen LogP contribution in [0.25, 0.3) is 0 Å². The number of anilines is 1. The molecule has 0 aromatic heterocycles. The van der Waals surface area contributed by atoms with Crippen molar-refractivity contribution in [3.63, 3.8) is 0 Å². The van der Waals surface area contributed by atoms with E-state index >= 15 is 0 Å². The second kappa shape index (κ2) is 6.39. The monoisotopic (exact) mass is 312 g/mol. The molecule has 1 aromatic carbocycles. The predicted molar refractivity (Wildman–Crippen MR) is 76.1 cm³/mol. The molecule has 1 saturated heterocycles. The highest BCUT2D eigenvalue weighted by molar-refractivity contribution is 6.00. The Hall–Kier alpha value is -2.02. The fourth-order valence-electron chi connectivity index (χ4n) is 2.45. The van der Waals surface area contributed by atoms with Crippen LogP contribution in [-0.2, 0) is 9.59 Å². The molecular weight excluding hydrogens is 294 g/mol. The summed E-state index contributed by atoms with van der Waals surface area (Å²) in [6.45, 7) is 1.58. The number of nitrogens with zero attached hydrogens (tertiary/aromatic N) is 2. The van der Waals surface area contributed by atoms with Gasteiger partial charge < -0.3 is 14.9 Å². The van der Waals surface area contributed by atoms with E-state index in [1.807, 2.05) is 0 Å². The summed E-state index contributed by atoms with van der Waals surface area (Å²) in [5.41, 5.74) is 0.107. The predicted octanol–water partition coefficient (Wildman–Crippen LogP) is 1.16. The van der Waals surface area contributed by atoms with Gasteiger partial charge in [-0.15, -0.1) is 0 Å². The zero-order valence-corrected chi connectivity index (χ0v) is 12.4. The molecule has 120 valence electrons. The van der Waals surface area contributed by atoms with Crippen molar-refractivity contribution in [2.24, 2.45) is 5.92 Å². The van der Waals surface area contributed by atoms with E-state index < -0.39 is 17.6 Å². The molecule has 0 radical (unpaired) electrons. The summed E-state index contributed by atoms with van der Waals surface area (Å²) in [6.07, 6.45) is -0.0144. The van der Waals surface area contributed by atoms with E-state index in [4.69, 9.17) is 5.11 Å². The molecule has 2 atom stereocenters. The lowest BCUT2D eigenvalue weighted by Gasteiger charge is -2.26. The summed E-state index contributed by atoms with van der Waals surface area (Å²) in [5.74, 6) is -2.76. The molecular formula is C15H18F2N2O3. The van der Waals surface area contributed by atoms with Gasteiger partial charge in [-0.05, 0) is 19.1 Å². The van der Waals surface area contributed by atoms with Crippen LogP contribution in [0.1, 0.15) is 13.3 Å². The second-order valence-corrected chi connectivity index (χ2v) is 5.51. The van der Waals surface area contributed by atoms with Gasteiger partial charge in [-0.2, -0.15) is 0 Å². The van der Waals surface area contributed by atoms with Crippen LogP contribution in [0.5, 0.6) is 0 Å². The molecule has 0 aliphatic carbocycles. The highest BCUT2D eigenvalue weighted by Gasteiger charge is 2.37. The van der Waals surface area contributed by atoms with Crippen molar-refractivity contribution >= 4 is 17.5 Å². The first-order valence-electron chi connectivity index (χ1n) is 6.97. The minimum Gasteiger partial charge on any atom is -0.394 e. The zero-order chi connectivity index (χ0) is 16.4. The number of amides is 2. The Morgan fingerprint density at radius 1 is 1.41 bits per heavy atom. The van der Waals surface area contributed by atoms with Gasteiger partial charge in [0.25, 0.3) is 0 Å². The molecule has 0 bridgehead atoms. The molecule has 2 amide bonds. The average Bonchev–Trinajstić information content (AvgIpc) is 2.85. The molecule has 1 heterocycles. The third-order valence-electron chi connectivity index (χ3n) is 3.91. The van der Waals surface area contributed by atoms with Crippen LogP contribution in [0.4, 0.5) is 14.5 Å². The number of halogens is 2. The van der Waals surface area contributed by atoms with Gasteiger partial charge in [0.05, 0.1) is 18.6 Å². The minimum absolute atomic E-state index is 0.0144. The Labute approximate surface area is 127 Å². The van der Waals surface area contributed by atoms with Gasteiger partial charge in [-0.3, -0.25) is 9.59 Å². The van der Waals surface area contributed by atoms with E-state index in [1.165, 1.54) is 9.80 Å². The van der Waals surface area contributed by atoms with E-state index in [-0.39, 0.29) is 43.1 Å². The Morgan fingerprint density at radius 2 is 2.00 bits per heavy atom. The number of aliphatic hydroxyl groups is 1. The Bertz CT molecular complexity index is 574. The summed E-state index contributed by atoms with van der Waals surface area (Å²) in [5, 5.41) is 9.09. The van der Waals surface area contributed by atoms with Crippen molar-refractivity contribution in [2.75, 3.05) is 25.1 Å². The van der Waals surface area contributed by atoms with Crippen LogP contribution >= 0.6 is 0 Å². The van der Waals surface area contributed by atoms with Crippen molar-refractivity contribution in [3.05, 3.63) is 29.8 Å². The molecule has 2 rings (SSSR count). The number of carbonyl (C=O) groups is 2. The molecule has 1 aliphatic rings. The molecule has 1 aromatic rings. The summed E-state index contributed by atoms with van der Waals surface area (Å²) in [6, 6.07) is 2.49. The number of aliphatic hydroxyl groups excluding tert-OH is 1. The third kappa shape index (κ3) is 3.24. The van der Waals surface area contributed by atoms with Crippen molar-refractivity contribution in [1.29, 1.82) is 0 Å². The number of hydrogen-bond acceptors (Lipinski definition) is 3. The minimum atomic E-state index is -0.774. The molecule has 0 spiro atoms. The van der Waals surface area contributed by atoms with Crippen LogP contribution in [0.2, 0.25) is 0 Å². The van der Waals surface area contributed by atoms with Gasteiger partial charge in [0.1, 0.15) is 11.6 Å². The molecule has 0 saturated carbocycles. The first-order chi connectivity index (χ1) is 10.3. The number of carbonyl (C=O) groups excluding carboxylic acids is 2. The second-order valence-electron chi connectivity index (χ2n) is 5.51. The largest absolute Gasteiger partial charge is 0.394 e. The van der Waals surface area contributed by atoms with Crippen LogP contribution in [0, 0.1) is 17.6 Å². The lowest BCUT2D eigenvalue weighted by atomic mass is 10.1. The van der Waals surface area contributed by atoms with Gasteiger partial charge in [0.15, 0.2) is 0 Å². The standard InChI is InChI=1S/C15H18F2N2O3/c1-9(8-20)18(2)15(22)10-3-14(21)19(7-10)13-5-11(16)4-12(17)6-13/h4-6,9-10,20H,3,7-8H2,1-2H3. The highest BCUT2D eigenvalue weighted by atomic mass is 19.1. The lowest BCUT2D eigenvalue weighted by molar-refractivity contribution is -0.137. The van der Waals surface area contributed by atoms with Crippen molar-refractivity contribution in [2.45, 2.75) is 19.4 Å². The Morgan fingerprint density at radius 3 is 2.55 bits per heavy atom. The summed E-state index contributed by atoms with van der Waals surface area (Å²) in [4.78, 5) is 26.9. The number of hydrogen-bond donors (Lipinski definition) is 1. The maximum absolute atomic E-state index is 13.3. The smallest absolute Gasteiger partial charge is 0.228 e. The first kappa shape index (κ1) is 16.4. The first-order valence-corrected chi connectivity index (χ1v) is 6.97. The molecule has 22 heavy (non-hydrogen) atoms. The summed E-state index contributed by atoms with van der Waals surface area (Å²) in [7, 11) is 1.55. The van der Waals surface area contributed by atoms with Crippen LogP contribution in [0.3, 0.4) is 0 Å². The fourth-order valence-corrected chi connectivity index (χ4v) is 2.45. The van der Waals surface area contributed by atoms with E-state index in [1.54, 1.807) is 14.0 Å². The average molecular weight is 312 g/mol.